The van der Waals surface area contributed by atoms with Crippen molar-refractivity contribution in [2.45, 2.75) is 19.5 Å². The first-order chi connectivity index (χ1) is 13.2. The van der Waals surface area contributed by atoms with Crippen LogP contribution < -0.4 is 10.2 Å². The molecule has 0 bridgehead atoms. The Hall–Kier alpha value is -3.14. The number of hydrogen-bond donors (Lipinski definition) is 1. The number of nitrogens with one attached hydrogen (secondary N) is 1. The summed E-state index contributed by atoms with van der Waals surface area (Å²) in [4.78, 5) is 14.5. The summed E-state index contributed by atoms with van der Waals surface area (Å²) in [6.45, 7) is 2.29. The lowest BCUT2D eigenvalue weighted by molar-refractivity contribution is 0.0947. The Balaban J connectivity index is 1.36. The van der Waals surface area contributed by atoms with Crippen molar-refractivity contribution in [3.05, 3.63) is 101 Å². The van der Waals surface area contributed by atoms with Crippen LogP contribution in [0.2, 0.25) is 0 Å². The molecule has 0 saturated carbocycles. The maximum absolute atomic E-state index is 13.7. The largest absolute Gasteiger partial charge is 0.367 e. The second-order valence-corrected chi connectivity index (χ2v) is 6.78. The molecule has 4 rings (SSSR count). The molecule has 1 amide bonds. The van der Waals surface area contributed by atoms with Gasteiger partial charge in [-0.05, 0) is 41.3 Å². The predicted octanol–water partition coefficient (Wildman–Crippen LogP) is 4.32. The first-order valence-electron chi connectivity index (χ1n) is 9.14. The normalized spacial score (nSPS) is 12.7. The summed E-state index contributed by atoms with van der Waals surface area (Å²) in [6, 6.07) is 22.8. The molecule has 3 aromatic carbocycles. The van der Waals surface area contributed by atoms with Crippen LogP contribution in [-0.2, 0) is 19.5 Å². The van der Waals surface area contributed by atoms with E-state index in [4.69, 9.17) is 0 Å². The molecule has 0 aromatic heterocycles. The zero-order chi connectivity index (χ0) is 18.6. The van der Waals surface area contributed by atoms with E-state index in [1.807, 2.05) is 12.1 Å². The van der Waals surface area contributed by atoms with Crippen LogP contribution in [0, 0.1) is 5.82 Å². The third-order valence-corrected chi connectivity index (χ3v) is 4.95. The molecule has 0 saturated heterocycles. The summed E-state index contributed by atoms with van der Waals surface area (Å²) in [5.74, 6) is -0.901. The number of halogens is 1. The molecule has 0 radical (unpaired) electrons. The standard InChI is InChI=1S/C23H21FN2O/c24-21-7-3-2-6-20(21)23(27)25-15-17-9-11-18(12-10-17)16-26-14-13-19-5-1-4-8-22(19)26/h1-12H,13-16H2,(H,25,27). The average molecular weight is 360 g/mol. The van der Waals surface area contributed by atoms with Gasteiger partial charge in [-0.25, -0.2) is 4.39 Å². The molecule has 0 spiro atoms. The molecule has 1 N–H and O–H groups in total. The minimum Gasteiger partial charge on any atom is -0.367 e. The van der Waals surface area contributed by atoms with Crippen LogP contribution in [0.25, 0.3) is 0 Å². The summed E-state index contributed by atoms with van der Waals surface area (Å²) >= 11 is 0. The van der Waals surface area contributed by atoms with Gasteiger partial charge in [-0.3, -0.25) is 4.79 Å². The Morgan fingerprint density at radius 3 is 2.44 bits per heavy atom. The number of amides is 1. The molecule has 27 heavy (non-hydrogen) atoms. The van der Waals surface area contributed by atoms with E-state index in [1.54, 1.807) is 12.1 Å². The van der Waals surface area contributed by atoms with Gasteiger partial charge in [0.25, 0.3) is 5.91 Å². The number of rotatable bonds is 5. The number of nitrogens with zero attached hydrogens (tertiary/aromatic N) is 1. The van der Waals surface area contributed by atoms with E-state index in [1.165, 1.54) is 28.9 Å². The molecule has 3 nitrogen and oxygen atoms in total. The highest BCUT2D eigenvalue weighted by Crippen LogP contribution is 2.28. The first kappa shape index (κ1) is 17.3. The van der Waals surface area contributed by atoms with Crippen molar-refractivity contribution in [3.63, 3.8) is 0 Å². The van der Waals surface area contributed by atoms with Crippen molar-refractivity contribution in [2.75, 3.05) is 11.4 Å². The lowest BCUT2D eigenvalue weighted by Gasteiger charge is -2.19. The number of para-hydroxylation sites is 1. The smallest absolute Gasteiger partial charge is 0.254 e. The maximum atomic E-state index is 13.7. The van der Waals surface area contributed by atoms with Crippen molar-refractivity contribution in [3.8, 4) is 0 Å². The summed E-state index contributed by atoms with van der Waals surface area (Å²) < 4.78 is 13.7. The lowest BCUT2D eigenvalue weighted by atomic mass is 10.1. The Bertz CT molecular complexity index is 953. The van der Waals surface area contributed by atoms with Gasteiger partial charge in [-0.1, -0.05) is 54.6 Å². The SMILES string of the molecule is O=C(NCc1ccc(CN2CCc3ccccc32)cc1)c1ccccc1F. The first-order valence-corrected chi connectivity index (χ1v) is 9.14. The molecule has 0 atom stereocenters. The van der Waals surface area contributed by atoms with E-state index in [0.717, 1.165) is 25.1 Å². The second kappa shape index (κ2) is 7.62. The summed E-state index contributed by atoms with van der Waals surface area (Å²) in [5.41, 5.74) is 5.02. The molecular weight excluding hydrogens is 339 g/mol. The van der Waals surface area contributed by atoms with Gasteiger partial charge in [0.1, 0.15) is 5.82 Å². The number of hydrogen-bond acceptors (Lipinski definition) is 2. The fraction of sp³-hybridized carbons (Fsp3) is 0.174. The van der Waals surface area contributed by atoms with Crippen LogP contribution in [0.15, 0.2) is 72.8 Å². The molecule has 3 aromatic rings. The number of anilines is 1. The van der Waals surface area contributed by atoms with Gasteiger partial charge in [-0.15, -0.1) is 0 Å². The summed E-state index contributed by atoms with van der Waals surface area (Å²) in [5, 5.41) is 2.77. The van der Waals surface area contributed by atoms with Crippen LogP contribution in [-0.4, -0.2) is 12.5 Å². The van der Waals surface area contributed by atoms with E-state index < -0.39 is 11.7 Å². The molecule has 4 heteroatoms. The molecule has 0 unspecified atom stereocenters. The molecule has 0 fully saturated rings. The third kappa shape index (κ3) is 3.85. The Kier molecular flexibility index (Phi) is 4.88. The highest BCUT2D eigenvalue weighted by atomic mass is 19.1. The Morgan fingerprint density at radius 2 is 1.63 bits per heavy atom. The van der Waals surface area contributed by atoms with E-state index >= 15 is 0 Å². The summed E-state index contributed by atoms with van der Waals surface area (Å²) in [6.07, 6.45) is 1.09. The molecule has 0 aliphatic carbocycles. The van der Waals surface area contributed by atoms with Gasteiger partial charge < -0.3 is 10.2 Å². The minimum absolute atomic E-state index is 0.0711. The van der Waals surface area contributed by atoms with Crippen LogP contribution in [0.5, 0.6) is 0 Å². The van der Waals surface area contributed by atoms with Crippen molar-refractivity contribution in [1.82, 2.24) is 5.32 Å². The molecule has 136 valence electrons. The van der Waals surface area contributed by atoms with Crippen molar-refractivity contribution < 1.29 is 9.18 Å². The van der Waals surface area contributed by atoms with Crippen LogP contribution in [0.4, 0.5) is 10.1 Å². The van der Waals surface area contributed by atoms with Gasteiger partial charge in [0, 0.05) is 25.3 Å². The Labute approximate surface area is 158 Å². The quantitative estimate of drug-likeness (QED) is 0.735. The van der Waals surface area contributed by atoms with Crippen LogP contribution in [0.1, 0.15) is 27.0 Å². The van der Waals surface area contributed by atoms with E-state index in [0.29, 0.717) is 6.54 Å². The number of carbonyl (C=O) groups is 1. The van der Waals surface area contributed by atoms with E-state index in [-0.39, 0.29) is 5.56 Å². The maximum Gasteiger partial charge on any atom is 0.254 e. The Morgan fingerprint density at radius 1 is 0.926 bits per heavy atom. The van der Waals surface area contributed by atoms with Crippen molar-refractivity contribution >= 4 is 11.6 Å². The van der Waals surface area contributed by atoms with Gasteiger partial charge in [0.2, 0.25) is 0 Å². The van der Waals surface area contributed by atoms with Gasteiger partial charge in [-0.2, -0.15) is 0 Å². The molecule has 1 aliphatic heterocycles. The van der Waals surface area contributed by atoms with Crippen molar-refractivity contribution in [1.29, 1.82) is 0 Å². The fourth-order valence-corrected chi connectivity index (χ4v) is 3.48. The highest BCUT2D eigenvalue weighted by molar-refractivity contribution is 5.94. The second-order valence-electron chi connectivity index (χ2n) is 6.78. The van der Waals surface area contributed by atoms with Crippen LogP contribution >= 0.6 is 0 Å². The number of fused-ring (bicyclic) bond motifs is 1. The van der Waals surface area contributed by atoms with Gasteiger partial charge >= 0.3 is 0 Å². The summed E-state index contributed by atoms with van der Waals surface area (Å²) in [7, 11) is 0. The zero-order valence-electron chi connectivity index (χ0n) is 15.0. The number of carbonyl (C=O) groups excluding carboxylic acids is 1. The minimum atomic E-state index is -0.503. The molecule has 1 heterocycles. The fourth-order valence-electron chi connectivity index (χ4n) is 3.48. The third-order valence-electron chi connectivity index (χ3n) is 4.95. The highest BCUT2D eigenvalue weighted by Gasteiger charge is 2.18. The van der Waals surface area contributed by atoms with Crippen molar-refractivity contribution in [2.24, 2.45) is 0 Å². The number of benzene rings is 3. The topological polar surface area (TPSA) is 32.3 Å². The van der Waals surface area contributed by atoms with Gasteiger partial charge in [0.15, 0.2) is 0 Å². The van der Waals surface area contributed by atoms with Gasteiger partial charge in [0.05, 0.1) is 5.56 Å². The average Bonchev–Trinajstić information content (AvgIpc) is 3.10. The lowest BCUT2D eigenvalue weighted by Crippen LogP contribution is -2.23. The molecule has 1 aliphatic rings. The zero-order valence-corrected chi connectivity index (χ0v) is 15.0. The van der Waals surface area contributed by atoms with E-state index in [2.05, 4.69) is 46.6 Å². The van der Waals surface area contributed by atoms with E-state index in [9.17, 15) is 9.18 Å². The monoisotopic (exact) mass is 360 g/mol. The predicted molar refractivity (Wildman–Crippen MR) is 105 cm³/mol. The molecular formula is C23H21FN2O. The van der Waals surface area contributed by atoms with Crippen LogP contribution in [0.3, 0.4) is 0 Å².